The van der Waals surface area contributed by atoms with Crippen molar-refractivity contribution in [1.82, 2.24) is 0 Å². The summed E-state index contributed by atoms with van der Waals surface area (Å²) in [5.41, 5.74) is 2.40. The lowest BCUT2D eigenvalue weighted by molar-refractivity contribution is -0.153. The molecule has 0 spiro atoms. The van der Waals surface area contributed by atoms with Crippen LogP contribution in [0.5, 0.6) is 5.75 Å². The summed E-state index contributed by atoms with van der Waals surface area (Å²) in [6.45, 7) is 5.62. The fourth-order valence-corrected chi connectivity index (χ4v) is 5.99. The maximum atomic E-state index is 14.2. The van der Waals surface area contributed by atoms with E-state index in [0.717, 1.165) is 10.4 Å². The van der Waals surface area contributed by atoms with Crippen LogP contribution in [0.2, 0.25) is 0 Å². The number of ketones is 1. The number of methoxy groups -OCH3 is 1. The van der Waals surface area contributed by atoms with Gasteiger partial charge in [-0.3, -0.25) is 14.6 Å². The molecule has 0 radical (unpaired) electrons. The first kappa shape index (κ1) is 24.9. The second kappa shape index (κ2) is 10.6. The molecule has 1 fully saturated rings. The number of hydrogen-bond donors (Lipinski definition) is 0. The molecule has 35 heavy (non-hydrogen) atoms. The molecule has 0 amide bonds. The molecule has 4 rings (SSSR count). The molecule has 1 aliphatic carbocycles. The first-order valence-electron chi connectivity index (χ1n) is 11.7. The largest absolute Gasteiger partial charge is 0.497 e. The molecule has 0 saturated heterocycles. The highest BCUT2D eigenvalue weighted by atomic mass is 32.1. The highest BCUT2D eigenvalue weighted by Gasteiger charge is 2.53. The zero-order valence-electron chi connectivity index (χ0n) is 20.3. The van der Waals surface area contributed by atoms with Crippen molar-refractivity contribution in [2.75, 3.05) is 20.3 Å². The van der Waals surface area contributed by atoms with Crippen LogP contribution in [0.3, 0.4) is 0 Å². The molecular weight excluding hydrogens is 466 g/mol. The molecule has 2 aliphatic rings. The lowest BCUT2D eigenvalue weighted by Crippen LogP contribution is -2.48. The number of Topliss-reactive ketones (excluding diaryl/α,β-unsaturated/α-hetero) is 1. The second-order valence-electron chi connectivity index (χ2n) is 8.51. The number of allylic oxidation sites excluding steroid dienone is 1. The van der Waals surface area contributed by atoms with Gasteiger partial charge in [0.1, 0.15) is 11.7 Å². The van der Waals surface area contributed by atoms with E-state index < -0.39 is 35.6 Å². The summed E-state index contributed by atoms with van der Waals surface area (Å²) < 4.78 is 16.1. The number of nitrogens with zero attached hydrogens (tertiary/aromatic N) is 1. The van der Waals surface area contributed by atoms with Gasteiger partial charge in [0.25, 0.3) is 0 Å². The molecule has 184 valence electrons. The SMILES string of the molecule is CCOC(=O)C1=C(C)N=C2C[C@@H](c3cccc(OC)c3)[C@H](C(=O)OCC)C(=O)C2[C@@H]1c1cccs1. The Balaban J connectivity index is 1.86. The Hall–Kier alpha value is -3.26. The van der Waals surface area contributed by atoms with Crippen molar-refractivity contribution in [3.05, 3.63) is 63.5 Å². The van der Waals surface area contributed by atoms with E-state index in [2.05, 4.69) is 0 Å². The molecule has 7 nitrogen and oxygen atoms in total. The first-order chi connectivity index (χ1) is 16.9. The summed E-state index contributed by atoms with van der Waals surface area (Å²) >= 11 is 1.47. The van der Waals surface area contributed by atoms with Crippen LogP contribution in [-0.2, 0) is 23.9 Å². The van der Waals surface area contributed by atoms with Gasteiger partial charge in [-0.2, -0.15) is 0 Å². The molecule has 1 aliphatic heterocycles. The molecule has 1 aromatic carbocycles. The van der Waals surface area contributed by atoms with E-state index in [1.807, 2.05) is 41.8 Å². The minimum Gasteiger partial charge on any atom is -0.497 e. The number of carbonyl (C=O) groups is 3. The monoisotopic (exact) mass is 495 g/mol. The van der Waals surface area contributed by atoms with Gasteiger partial charge in [-0.1, -0.05) is 18.2 Å². The Kier molecular flexibility index (Phi) is 7.50. The summed E-state index contributed by atoms with van der Waals surface area (Å²) in [5.74, 6) is -3.45. The molecule has 0 bridgehead atoms. The minimum absolute atomic E-state index is 0.167. The van der Waals surface area contributed by atoms with E-state index in [1.54, 1.807) is 27.9 Å². The summed E-state index contributed by atoms with van der Waals surface area (Å²) in [4.78, 5) is 46.0. The van der Waals surface area contributed by atoms with Crippen LogP contribution >= 0.6 is 11.3 Å². The van der Waals surface area contributed by atoms with Crippen molar-refractivity contribution >= 4 is 34.8 Å². The lowest BCUT2D eigenvalue weighted by atomic mass is 9.63. The number of hydrogen-bond acceptors (Lipinski definition) is 8. The smallest absolute Gasteiger partial charge is 0.336 e. The molecule has 1 unspecified atom stereocenters. The molecular formula is C27H29NO6S. The summed E-state index contributed by atoms with van der Waals surface area (Å²) in [7, 11) is 1.58. The van der Waals surface area contributed by atoms with Gasteiger partial charge in [0.05, 0.1) is 31.8 Å². The average Bonchev–Trinajstić information content (AvgIpc) is 3.38. The number of fused-ring (bicyclic) bond motifs is 1. The predicted molar refractivity (Wildman–Crippen MR) is 133 cm³/mol. The highest BCUT2D eigenvalue weighted by molar-refractivity contribution is 7.10. The van der Waals surface area contributed by atoms with Gasteiger partial charge < -0.3 is 14.2 Å². The van der Waals surface area contributed by atoms with Crippen molar-refractivity contribution in [3.8, 4) is 5.75 Å². The topological polar surface area (TPSA) is 91.3 Å². The van der Waals surface area contributed by atoms with Crippen molar-refractivity contribution in [2.45, 2.75) is 39.0 Å². The third kappa shape index (κ3) is 4.67. The number of benzene rings is 1. The lowest BCUT2D eigenvalue weighted by Gasteiger charge is -2.40. The second-order valence-corrected chi connectivity index (χ2v) is 9.49. The quantitative estimate of drug-likeness (QED) is 0.409. The molecule has 8 heteroatoms. The summed E-state index contributed by atoms with van der Waals surface area (Å²) in [6.07, 6.45) is 0.391. The number of esters is 2. The Labute approximate surface area is 208 Å². The van der Waals surface area contributed by atoms with Crippen LogP contribution in [0.25, 0.3) is 0 Å². The molecule has 4 atom stereocenters. The van der Waals surface area contributed by atoms with Crippen molar-refractivity contribution in [3.63, 3.8) is 0 Å². The van der Waals surface area contributed by atoms with Crippen molar-refractivity contribution in [2.24, 2.45) is 16.8 Å². The van der Waals surface area contributed by atoms with Gasteiger partial charge in [0.15, 0.2) is 5.78 Å². The third-order valence-electron chi connectivity index (χ3n) is 6.56. The Morgan fingerprint density at radius 1 is 1.09 bits per heavy atom. The predicted octanol–water partition coefficient (Wildman–Crippen LogP) is 4.68. The zero-order chi connectivity index (χ0) is 25.1. The van der Waals surface area contributed by atoms with Gasteiger partial charge in [-0.05, 0) is 56.3 Å². The van der Waals surface area contributed by atoms with Crippen LogP contribution in [0, 0.1) is 11.8 Å². The van der Waals surface area contributed by atoms with E-state index in [1.165, 1.54) is 11.3 Å². The zero-order valence-corrected chi connectivity index (χ0v) is 21.1. The van der Waals surface area contributed by atoms with Crippen molar-refractivity contribution < 1.29 is 28.6 Å². The highest BCUT2D eigenvalue weighted by Crippen LogP contribution is 2.49. The van der Waals surface area contributed by atoms with Crippen LogP contribution in [0.15, 0.2) is 58.0 Å². The van der Waals surface area contributed by atoms with Gasteiger partial charge in [-0.25, -0.2) is 4.79 Å². The van der Waals surface area contributed by atoms with Gasteiger partial charge in [0, 0.05) is 28.1 Å². The minimum atomic E-state index is -1.02. The van der Waals surface area contributed by atoms with Gasteiger partial charge in [-0.15, -0.1) is 11.3 Å². The van der Waals surface area contributed by atoms with E-state index in [-0.39, 0.29) is 19.0 Å². The fourth-order valence-electron chi connectivity index (χ4n) is 5.12. The van der Waals surface area contributed by atoms with E-state index in [4.69, 9.17) is 19.2 Å². The summed E-state index contributed by atoms with van der Waals surface area (Å²) in [6, 6.07) is 11.2. The van der Waals surface area contributed by atoms with Crippen LogP contribution < -0.4 is 4.74 Å². The standard InChI is InChI=1S/C27H29NO6S/c1-5-33-26(30)21-15(3)28-19-14-18(16-9-7-10-17(13-16)32-4)22(27(31)34-6-2)25(29)23(19)24(21)20-11-8-12-35-20/h7-13,18,22-24H,5-6,14H2,1-4H3/t18-,22-,23?,24+/m0/s1. The number of carbonyl (C=O) groups excluding carboxylic acids is 3. The van der Waals surface area contributed by atoms with Gasteiger partial charge >= 0.3 is 11.9 Å². The van der Waals surface area contributed by atoms with Crippen LogP contribution in [-0.4, -0.2) is 43.8 Å². The van der Waals surface area contributed by atoms with E-state index in [9.17, 15) is 14.4 Å². The number of rotatable bonds is 7. The molecule has 0 N–H and O–H groups in total. The summed E-state index contributed by atoms with van der Waals surface area (Å²) in [5, 5.41) is 1.91. The fraction of sp³-hybridized carbons (Fsp3) is 0.407. The van der Waals surface area contributed by atoms with E-state index >= 15 is 0 Å². The molecule has 2 aromatic rings. The van der Waals surface area contributed by atoms with Crippen LogP contribution in [0.4, 0.5) is 0 Å². The first-order valence-corrected chi connectivity index (χ1v) is 12.6. The van der Waals surface area contributed by atoms with Crippen LogP contribution in [0.1, 0.15) is 49.5 Å². The third-order valence-corrected chi connectivity index (χ3v) is 7.51. The van der Waals surface area contributed by atoms with Gasteiger partial charge in [0.2, 0.25) is 0 Å². The Morgan fingerprint density at radius 3 is 2.51 bits per heavy atom. The maximum Gasteiger partial charge on any atom is 0.336 e. The van der Waals surface area contributed by atoms with Crippen molar-refractivity contribution in [1.29, 1.82) is 0 Å². The Bertz CT molecular complexity index is 1180. The average molecular weight is 496 g/mol. The molecule has 1 aromatic heterocycles. The Morgan fingerprint density at radius 2 is 1.86 bits per heavy atom. The maximum absolute atomic E-state index is 14.2. The van der Waals surface area contributed by atoms with E-state index in [0.29, 0.717) is 29.2 Å². The number of ether oxygens (including phenoxy) is 3. The molecule has 2 heterocycles. The normalized spacial score (nSPS) is 23.9. The number of aliphatic imine (C=N–C) groups is 1. The number of thiophene rings is 1. The molecule has 1 saturated carbocycles.